The van der Waals surface area contributed by atoms with Gasteiger partial charge >= 0.3 is 0 Å². The predicted octanol–water partition coefficient (Wildman–Crippen LogP) is 2.12. The van der Waals surface area contributed by atoms with Gasteiger partial charge in [0.1, 0.15) is 6.29 Å². The summed E-state index contributed by atoms with van der Waals surface area (Å²) in [6.45, 7) is 0. The largest absolute Gasteiger partial charge is 0.299 e. The molecule has 0 bridgehead atoms. The molecule has 1 rings (SSSR count). The minimum Gasteiger partial charge on any atom is -0.299 e. The molecule has 0 aliphatic heterocycles. The topological polar surface area (TPSA) is 30.0 Å². The van der Waals surface area contributed by atoms with E-state index in [-0.39, 0.29) is 0 Å². The average Bonchev–Trinajstić information content (AvgIpc) is 2.31. The van der Waals surface area contributed by atoms with Crippen LogP contribution in [0.1, 0.15) is 5.69 Å². The summed E-state index contributed by atoms with van der Waals surface area (Å²) in [5, 5.41) is 1.87. The van der Waals surface area contributed by atoms with Gasteiger partial charge < -0.3 is 0 Å². The Hall–Kier alpha value is -0.480. The highest BCUT2D eigenvalue weighted by atomic mass is 79.9. The zero-order valence-corrected chi connectivity index (χ0v) is 7.35. The fourth-order valence-corrected chi connectivity index (χ4v) is 1.47. The van der Waals surface area contributed by atoms with Crippen LogP contribution in [0.15, 0.2) is 15.4 Å². The number of hydrogen-bond donors (Lipinski definition) is 0. The Bertz CT molecular complexity index is 256. The van der Waals surface area contributed by atoms with Crippen LogP contribution in [0.25, 0.3) is 6.08 Å². The maximum absolute atomic E-state index is 9.86. The minimum atomic E-state index is 0.729. The standard InChI is InChI=1S/C6H4BrNOS/c7-6-8-5(4-10-6)2-1-3-9/h1-4H. The fourth-order valence-electron chi connectivity index (χ4n) is 0.478. The van der Waals surface area contributed by atoms with Gasteiger partial charge in [-0.3, -0.25) is 4.79 Å². The van der Waals surface area contributed by atoms with Crippen LogP contribution >= 0.6 is 27.3 Å². The van der Waals surface area contributed by atoms with E-state index in [9.17, 15) is 4.79 Å². The monoisotopic (exact) mass is 217 g/mol. The van der Waals surface area contributed by atoms with Crippen LogP contribution in [-0.2, 0) is 4.79 Å². The zero-order chi connectivity index (χ0) is 7.40. The second-order valence-corrected chi connectivity index (χ2v) is 3.65. The quantitative estimate of drug-likeness (QED) is 0.562. The van der Waals surface area contributed by atoms with Crippen molar-refractivity contribution in [1.29, 1.82) is 0 Å². The Labute approximate surface area is 70.7 Å². The molecule has 0 N–H and O–H groups in total. The van der Waals surface area contributed by atoms with E-state index in [2.05, 4.69) is 20.9 Å². The van der Waals surface area contributed by atoms with Gasteiger partial charge in [0.05, 0.1) is 5.69 Å². The van der Waals surface area contributed by atoms with Gasteiger partial charge in [-0.25, -0.2) is 4.98 Å². The summed E-state index contributed by atoms with van der Waals surface area (Å²) in [5.41, 5.74) is 0.809. The maximum Gasteiger partial charge on any atom is 0.159 e. The SMILES string of the molecule is O=CC=Cc1csc(Br)n1. The third-order valence-corrected chi connectivity index (χ3v) is 2.22. The van der Waals surface area contributed by atoms with Crippen molar-refractivity contribution in [2.24, 2.45) is 0 Å². The lowest BCUT2D eigenvalue weighted by Gasteiger charge is -1.75. The van der Waals surface area contributed by atoms with E-state index in [0.717, 1.165) is 15.9 Å². The molecule has 4 heteroatoms. The molecule has 52 valence electrons. The average molecular weight is 218 g/mol. The number of allylic oxidation sites excluding steroid dienone is 1. The summed E-state index contributed by atoms with van der Waals surface area (Å²) in [7, 11) is 0. The normalized spacial score (nSPS) is 10.5. The number of carbonyl (C=O) groups is 1. The smallest absolute Gasteiger partial charge is 0.159 e. The molecule has 0 saturated carbocycles. The Morgan fingerprint density at radius 3 is 3.00 bits per heavy atom. The van der Waals surface area contributed by atoms with Crippen LogP contribution in [0.5, 0.6) is 0 Å². The van der Waals surface area contributed by atoms with Crippen LogP contribution in [0.3, 0.4) is 0 Å². The zero-order valence-electron chi connectivity index (χ0n) is 4.95. The third kappa shape index (κ3) is 2.04. The van der Waals surface area contributed by atoms with Crippen LogP contribution in [0, 0.1) is 0 Å². The number of halogens is 1. The Morgan fingerprint density at radius 2 is 2.50 bits per heavy atom. The van der Waals surface area contributed by atoms with Gasteiger partial charge in [0, 0.05) is 5.38 Å². The summed E-state index contributed by atoms with van der Waals surface area (Å²) in [4.78, 5) is 13.9. The summed E-state index contributed by atoms with van der Waals surface area (Å²) < 4.78 is 0.832. The van der Waals surface area contributed by atoms with E-state index in [1.165, 1.54) is 17.4 Å². The van der Waals surface area contributed by atoms with Gasteiger partial charge in [-0.1, -0.05) is 0 Å². The number of thiazole rings is 1. The van der Waals surface area contributed by atoms with E-state index >= 15 is 0 Å². The molecule has 0 aromatic carbocycles. The molecule has 0 spiro atoms. The number of aromatic nitrogens is 1. The first kappa shape index (κ1) is 7.63. The molecular weight excluding hydrogens is 214 g/mol. The van der Waals surface area contributed by atoms with Crippen molar-refractivity contribution >= 4 is 39.6 Å². The summed E-state index contributed by atoms with van der Waals surface area (Å²) in [5.74, 6) is 0. The van der Waals surface area contributed by atoms with Crippen LogP contribution in [-0.4, -0.2) is 11.3 Å². The minimum absolute atomic E-state index is 0.729. The maximum atomic E-state index is 9.86. The Kier molecular flexibility index (Phi) is 2.77. The molecule has 0 radical (unpaired) electrons. The lowest BCUT2D eigenvalue weighted by molar-refractivity contribution is -0.104. The molecule has 0 atom stereocenters. The molecule has 2 nitrogen and oxygen atoms in total. The first-order valence-electron chi connectivity index (χ1n) is 2.56. The van der Waals surface area contributed by atoms with Crippen LogP contribution in [0.4, 0.5) is 0 Å². The summed E-state index contributed by atoms with van der Waals surface area (Å²) in [6.07, 6.45) is 3.81. The molecule has 10 heavy (non-hydrogen) atoms. The van der Waals surface area contributed by atoms with Crippen molar-refractivity contribution in [3.05, 3.63) is 21.1 Å². The van der Waals surface area contributed by atoms with Crippen molar-refractivity contribution in [1.82, 2.24) is 4.98 Å². The van der Waals surface area contributed by atoms with E-state index in [4.69, 9.17) is 0 Å². The van der Waals surface area contributed by atoms with Crippen molar-refractivity contribution < 1.29 is 4.79 Å². The molecule has 0 saturated heterocycles. The first-order valence-corrected chi connectivity index (χ1v) is 4.23. The molecule has 1 aromatic heterocycles. The van der Waals surface area contributed by atoms with Gasteiger partial charge in [-0.05, 0) is 28.1 Å². The molecule has 0 aliphatic carbocycles. The highest BCUT2D eigenvalue weighted by Gasteiger charge is 1.91. The molecule has 1 heterocycles. The van der Waals surface area contributed by atoms with Crippen molar-refractivity contribution in [2.45, 2.75) is 0 Å². The van der Waals surface area contributed by atoms with E-state index in [1.807, 2.05) is 5.38 Å². The van der Waals surface area contributed by atoms with Gasteiger partial charge in [-0.15, -0.1) is 11.3 Å². The first-order chi connectivity index (χ1) is 4.83. The number of hydrogen-bond acceptors (Lipinski definition) is 3. The lowest BCUT2D eigenvalue weighted by atomic mass is 10.4. The summed E-state index contributed by atoms with van der Waals surface area (Å²) >= 11 is 4.70. The second kappa shape index (κ2) is 3.63. The lowest BCUT2D eigenvalue weighted by Crippen LogP contribution is -1.68. The highest BCUT2D eigenvalue weighted by molar-refractivity contribution is 9.11. The molecular formula is C6H4BrNOS. The van der Waals surface area contributed by atoms with E-state index in [1.54, 1.807) is 6.08 Å². The predicted molar refractivity (Wildman–Crippen MR) is 44.9 cm³/mol. The number of nitrogens with zero attached hydrogens (tertiary/aromatic N) is 1. The molecule has 0 fully saturated rings. The highest BCUT2D eigenvalue weighted by Crippen LogP contribution is 2.16. The Morgan fingerprint density at radius 1 is 1.70 bits per heavy atom. The summed E-state index contributed by atoms with van der Waals surface area (Å²) in [6, 6.07) is 0. The van der Waals surface area contributed by atoms with E-state index < -0.39 is 0 Å². The number of aldehydes is 1. The van der Waals surface area contributed by atoms with Gasteiger partial charge in [0.15, 0.2) is 3.92 Å². The van der Waals surface area contributed by atoms with E-state index in [0.29, 0.717) is 0 Å². The fraction of sp³-hybridized carbons (Fsp3) is 0. The van der Waals surface area contributed by atoms with Gasteiger partial charge in [0.2, 0.25) is 0 Å². The molecule has 1 aromatic rings. The Balaban J connectivity index is 2.75. The number of carbonyl (C=O) groups excluding carboxylic acids is 1. The van der Waals surface area contributed by atoms with Crippen LogP contribution < -0.4 is 0 Å². The second-order valence-electron chi connectivity index (χ2n) is 1.52. The third-order valence-electron chi connectivity index (χ3n) is 0.839. The van der Waals surface area contributed by atoms with Crippen molar-refractivity contribution in [3.8, 4) is 0 Å². The van der Waals surface area contributed by atoms with Crippen LogP contribution in [0.2, 0.25) is 0 Å². The molecule has 0 unspecified atom stereocenters. The van der Waals surface area contributed by atoms with Crippen molar-refractivity contribution in [3.63, 3.8) is 0 Å². The van der Waals surface area contributed by atoms with Gasteiger partial charge in [-0.2, -0.15) is 0 Å². The van der Waals surface area contributed by atoms with Crippen molar-refractivity contribution in [2.75, 3.05) is 0 Å². The number of rotatable bonds is 2. The molecule has 0 aliphatic rings. The molecule has 0 amide bonds. The van der Waals surface area contributed by atoms with Gasteiger partial charge in [0.25, 0.3) is 0 Å².